The average molecular weight is 719 g/mol. The van der Waals surface area contributed by atoms with Gasteiger partial charge in [0.1, 0.15) is 5.60 Å². The molecule has 0 aliphatic carbocycles. The van der Waals surface area contributed by atoms with Crippen LogP contribution in [0, 0.1) is 12.8 Å². The molecule has 47 heavy (non-hydrogen) atoms. The lowest BCUT2D eigenvalue weighted by Crippen LogP contribution is -2.43. The Balaban J connectivity index is 1.82. The maximum absolute atomic E-state index is 14.2. The highest BCUT2D eigenvalue weighted by Gasteiger charge is 2.34. The number of aryl methyl sites for hydroxylation is 1. The van der Waals surface area contributed by atoms with Gasteiger partial charge in [0, 0.05) is 24.3 Å². The lowest BCUT2D eigenvalue weighted by atomic mass is 9.96. The quantitative estimate of drug-likeness (QED) is 0.173. The van der Waals surface area contributed by atoms with Crippen molar-refractivity contribution in [2.24, 2.45) is 5.92 Å². The normalized spacial score (nSPS) is 12.7. The zero-order valence-corrected chi connectivity index (χ0v) is 28.8. The van der Waals surface area contributed by atoms with Crippen molar-refractivity contribution in [3.63, 3.8) is 0 Å². The Labute approximate surface area is 279 Å². The summed E-state index contributed by atoms with van der Waals surface area (Å²) in [6, 6.07) is 14.6. The fraction of sp³-hybridized carbons (Fsp3) is 0.412. The number of carbonyl (C=O) groups excluding carboxylic acids is 2. The number of carbonyl (C=O) groups is 2. The second-order valence-electron chi connectivity index (χ2n) is 12.7. The molecule has 1 N–H and O–H groups in total. The Morgan fingerprint density at radius 3 is 2.26 bits per heavy atom. The number of benzene rings is 2. The SMILES string of the molecule is Cc1nn2c(=O)n(Cc3ccccc3)c([C@@H](C(C)C)N(CCCNC(=O)OC(C)(C)C)C(=O)c3ccc(C(F)(F)F)cc3)cc2c1Br. The van der Waals surface area contributed by atoms with E-state index < -0.39 is 41.1 Å². The van der Waals surface area contributed by atoms with Crippen LogP contribution in [0.4, 0.5) is 18.0 Å². The lowest BCUT2D eigenvalue weighted by Gasteiger charge is -2.36. The van der Waals surface area contributed by atoms with E-state index in [-0.39, 0.29) is 31.1 Å². The van der Waals surface area contributed by atoms with Crippen LogP contribution < -0.4 is 11.0 Å². The number of nitrogens with one attached hydrogen (secondary N) is 1. The van der Waals surface area contributed by atoms with Gasteiger partial charge in [-0.05, 0) is 91.9 Å². The molecule has 0 bridgehead atoms. The molecule has 0 spiro atoms. The molecule has 2 heterocycles. The minimum atomic E-state index is -4.56. The summed E-state index contributed by atoms with van der Waals surface area (Å²) in [6.07, 6.45) is -4.87. The summed E-state index contributed by atoms with van der Waals surface area (Å²) in [4.78, 5) is 42.2. The van der Waals surface area contributed by atoms with E-state index in [9.17, 15) is 27.6 Å². The molecule has 1 atom stereocenters. The molecule has 13 heteroatoms. The second-order valence-corrected chi connectivity index (χ2v) is 13.5. The highest BCUT2D eigenvalue weighted by atomic mass is 79.9. The maximum Gasteiger partial charge on any atom is 0.416 e. The fourth-order valence-corrected chi connectivity index (χ4v) is 5.72. The number of ether oxygens (including phenoxy) is 1. The first-order valence-corrected chi connectivity index (χ1v) is 16.0. The van der Waals surface area contributed by atoms with Crippen LogP contribution in [0.25, 0.3) is 5.52 Å². The molecular formula is C34H39BrF3N5O4. The highest BCUT2D eigenvalue weighted by Crippen LogP contribution is 2.34. The third kappa shape index (κ3) is 8.62. The van der Waals surface area contributed by atoms with Gasteiger partial charge < -0.3 is 15.0 Å². The van der Waals surface area contributed by atoms with E-state index in [0.29, 0.717) is 27.8 Å². The summed E-state index contributed by atoms with van der Waals surface area (Å²) in [5.74, 6) is -0.768. The third-order valence-electron chi connectivity index (χ3n) is 7.45. The van der Waals surface area contributed by atoms with Crippen LogP contribution in [0.1, 0.15) is 80.0 Å². The molecule has 252 valence electrons. The summed E-state index contributed by atoms with van der Waals surface area (Å²) >= 11 is 3.55. The molecule has 0 unspecified atom stereocenters. The molecule has 4 rings (SSSR count). The largest absolute Gasteiger partial charge is 0.444 e. The van der Waals surface area contributed by atoms with Gasteiger partial charge in [0.05, 0.1) is 33.8 Å². The van der Waals surface area contributed by atoms with E-state index in [1.54, 1.807) is 37.2 Å². The Kier molecular flexibility index (Phi) is 10.9. The van der Waals surface area contributed by atoms with Gasteiger partial charge in [-0.3, -0.25) is 9.36 Å². The number of alkyl carbamates (subject to hydrolysis) is 1. The number of hydrogen-bond acceptors (Lipinski definition) is 5. The molecule has 0 aliphatic rings. The molecular weight excluding hydrogens is 679 g/mol. The molecule has 0 saturated carbocycles. The van der Waals surface area contributed by atoms with Crippen molar-refractivity contribution in [1.82, 2.24) is 24.4 Å². The number of nitrogens with zero attached hydrogens (tertiary/aromatic N) is 4. The number of halogens is 4. The predicted molar refractivity (Wildman–Crippen MR) is 176 cm³/mol. The molecule has 0 fully saturated rings. The van der Waals surface area contributed by atoms with E-state index in [0.717, 1.165) is 29.8 Å². The van der Waals surface area contributed by atoms with Gasteiger partial charge in [-0.25, -0.2) is 9.59 Å². The molecule has 4 aromatic rings. The number of alkyl halides is 3. The first-order valence-electron chi connectivity index (χ1n) is 15.3. The van der Waals surface area contributed by atoms with Gasteiger partial charge >= 0.3 is 18.0 Å². The Morgan fingerprint density at radius 2 is 1.68 bits per heavy atom. The molecule has 0 aliphatic heterocycles. The maximum atomic E-state index is 14.2. The summed E-state index contributed by atoms with van der Waals surface area (Å²) in [5, 5.41) is 7.13. The Morgan fingerprint density at radius 1 is 1.04 bits per heavy atom. The molecule has 2 aromatic heterocycles. The first kappa shape index (κ1) is 35.7. The minimum Gasteiger partial charge on any atom is -0.444 e. The van der Waals surface area contributed by atoms with Crippen LogP contribution in [0.15, 0.2) is 69.9 Å². The molecule has 0 radical (unpaired) electrons. The van der Waals surface area contributed by atoms with Gasteiger partial charge in [-0.1, -0.05) is 44.2 Å². The van der Waals surface area contributed by atoms with E-state index in [2.05, 4.69) is 26.3 Å². The minimum absolute atomic E-state index is 0.0585. The standard InChI is InChI=1S/C34H39BrF3N5O4/c1-21(2)29(27-19-26-28(35)22(3)40-43(26)32(46)42(27)20-23-11-8-7-9-12-23)41(18-10-17-39-31(45)47-33(4,5)6)30(44)24-13-15-25(16-14-24)34(36,37)38/h7-9,11-16,19,21,29H,10,17-18,20H2,1-6H3,(H,39,45)/t29-/m1/s1. The number of rotatable bonds is 10. The smallest absolute Gasteiger partial charge is 0.416 e. The molecule has 9 nitrogen and oxygen atoms in total. The number of hydrogen-bond donors (Lipinski definition) is 1. The van der Waals surface area contributed by atoms with Crippen LogP contribution in [0.3, 0.4) is 0 Å². The van der Waals surface area contributed by atoms with Crippen molar-refractivity contribution < 1.29 is 27.5 Å². The zero-order valence-electron chi connectivity index (χ0n) is 27.2. The Hall–Kier alpha value is -4.13. The van der Waals surface area contributed by atoms with Crippen molar-refractivity contribution >= 4 is 33.4 Å². The summed E-state index contributed by atoms with van der Waals surface area (Å²) < 4.78 is 48.9. The van der Waals surface area contributed by atoms with E-state index in [1.165, 1.54) is 4.52 Å². The number of fused-ring (bicyclic) bond motifs is 1. The number of aromatic nitrogens is 3. The lowest BCUT2D eigenvalue weighted by molar-refractivity contribution is -0.137. The van der Waals surface area contributed by atoms with Gasteiger partial charge in [0.2, 0.25) is 0 Å². The highest BCUT2D eigenvalue weighted by molar-refractivity contribution is 9.10. The Bertz CT molecular complexity index is 1780. The molecule has 2 amide bonds. The van der Waals surface area contributed by atoms with Crippen molar-refractivity contribution in [2.75, 3.05) is 13.1 Å². The molecule has 0 saturated heterocycles. The van der Waals surface area contributed by atoms with E-state index in [4.69, 9.17) is 4.74 Å². The van der Waals surface area contributed by atoms with Crippen molar-refractivity contribution in [3.8, 4) is 0 Å². The van der Waals surface area contributed by atoms with Gasteiger partial charge in [-0.2, -0.15) is 22.8 Å². The van der Waals surface area contributed by atoms with Crippen molar-refractivity contribution in [3.05, 3.63) is 104 Å². The van der Waals surface area contributed by atoms with E-state index >= 15 is 0 Å². The van der Waals surface area contributed by atoms with E-state index in [1.807, 2.05) is 50.2 Å². The van der Waals surface area contributed by atoms with Crippen LogP contribution in [0.2, 0.25) is 0 Å². The summed E-state index contributed by atoms with van der Waals surface area (Å²) in [6.45, 7) is 11.3. The van der Waals surface area contributed by atoms with Crippen LogP contribution >= 0.6 is 15.9 Å². The van der Waals surface area contributed by atoms with Crippen LogP contribution in [-0.2, 0) is 17.5 Å². The average Bonchev–Trinajstić information content (AvgIpc) is 3.28. The predicted octanol–water partition coefficient (Wildman–Crippen LogP) is 7.39. The van der Waals surface area contributed by atoms with Crippen molar-refractivity contribution in [2.45, 2.75) is 72.3 Å². The summed E-state index contributed by atoms with van der Waals surface area (Å²) in [5.41, 5.74) is 0.593. The fourth-order valence-electron chi connectivity index (χ4n) is 5.36. The first-order chi connectivity index (χ1) is 22.0. The zero-order chi connectivity index (χ0) is 34.7. The van der Waals surface area contributed by atoms with Gasteiger partial charge in [0.25, 0.3) is 5.91 Å². The van der Waals surface area contributed by atoms with Crippen LogP contribution in [0.5, 0.6) is 0 Å². The third-order valence-corrected chi connectivity index (χ3v) is 8.43. The van der Waals surface area contributed by atoms with Gasteiger partial charge in [-0.15, -0.1) is 0 Å². The second kappa shape index (κ2) is 14.3. The number of amides is 2. The molecule has 2 aromatic carbocycles. The van der Waals surface area contributed by atoms with Gasteiger partial charge in [0.15, 0.2) is 0 Å². The van der Waals surface area contributed by atoms with Crippen molar-refractivity contribution in [1.29, 1.82) is 0 Å². The van der Waals surface area contributed by atoms with Crippen LogP contribution in [-0.4, -0.2) is 49.8 Å². The monoisotopic (exact) mass is 717 g/mol. The summed E-state index contributed by atoms with van der Waals surface area (Å²) in [7, 11) is 0. The topological polar surface area (TPSA) is 97.9 Å².